The number of hydrogen-bond donors (Lipinski definition) is 1. The van der Waals surface area contributed by atoms with Crippen molar-refractivity contribution in [3.63, 3.8) is 0 Å². The number of carbonyl (C=O) groups is 1. The lowest BCUT2D eigenvalue weighted by atomic mass is 9.97. The first kappa shape index (κ1) is 16.0. The van der Waals surface area contributed by atoms with Crippen LogP contribution in [0.15, 0.2) is 4.52 Å². The Labute approximate surface area is 127 Å². The van der Waals surface area contributed by atoms with Crippen molar-refractivity contribution in [3.05, 3.63) is 17.0 Å². The standard InChI is InChI=1S/C16H27N3O2/c1-4-14-13(15(5-2)21-18-14)9-16(20)19-8-6-7-12(11-19)10-17-3/h12,17H,4-11H2,1-3H3/t12-/m0/s1. The van der Waals surface area contributed by atoms with Crippen molar-refractivity contribution in [1.82, 2.24) is 15.4 Å². The van der Waals surface area contributed by atoms with E-state index in [2.05, 4.69) is 17.4 Å². The largest absolute Gasteiger partial charge is 0.361 e. The summed E-state index contributed by atoms with van der Waals surface area (Å²) < 4.78 is 5.35. The van der Waals surface area contributed by atoms with E-state index in [0.29, 0.717) is 12.3 Å². The zero-order valence-electron chi connectivity index (χ0n) is 13.4. The number of likely N-dealkylation sites (tertiary alicyclic amines) is 1. The van der Waals surface area contributed by atoms with Crippen LogP contribution < -0.4 is 5.32 Å². The van der Waals surface area contributed by atoms with Gasteiger partial charge in [-0.05, 0) is 38.8 Å². The third-order valence-electron chi connectivity index (χ3n) is 4.30. The highest BCUT2D eigenvalue weighted by Crippen LogP contribution is 2.20. The lowest BCUT2D eigenvalue weighted by Crippen LogP contribution is -2.43. The van der Waals surface area contributed by atoms with Crippen molar-refractivity contribution in [2.45, 2.75) is 46.0 Å². The zero-order valence-corrected chi connectivity index (χ0v) is 13.4. The fourth-order valence-corrected chi connectivity index (χ4v) is 3.15. The molecule has 5 nitrogen and oxygen atoms in total. The smallest absolute Gasteiger partial charge is 0.227 e. The van der Waals surface area contributed by atoms with Gasteiger partial charge in [-0.2, -0.15) is 0 Å². The first-order valence-electron chi connectivity index (χ1n) is 8.08. The van der Waals surface area contributed by atoms with Crippen LogP contribution in [0.25, 0.3) is 0 Å². The van der Waals surface area contributed by atoms with Gasteiger partial charge in [-0.3, -0.25) is 4.79 Å². The summed E-state index contributed by atoms with van der Waals surface area (Å²) in [6, 6.07) is 0. The molecule has 1 aromatic rings. The maximum atomic E-state index is 12.6. The van der Waals surface area contributed by atoms with Crippen molar-refractivity contribution in [1.29, 1.82) is 0 Å². The molecule has 1 fully saturated rings. The van der Waals surface area contributed by atoms with Gasteiger partial charge in [0.05, 0.1) is 12.1 Å². The number of aromatic nitrogens is 1. The molecule has 1 N–H and O–H groups in total. The highest BCUT2D eigenvalue weighted by atomic mass is 16.5. The molecular weight excluding hydrogens is 266 g/mol. The van der Waals surface area contributed by atoms with Gasteiger partial charge < -0.3 is 14.7 Å². The molecule has 2 rings (SSSR count). The van der Waals surface area contributed by atoms with E-state index in [0.717, 1.165) is 55.9 Å². The highest BCUT2D eigenvalue weighted by molar-refractivity contribution is 5.79. The van der Waals surface area contributed by atoms with Gasteiger partial charge in [0.2, 0.25) is 5.91 Å². The quantitative estimate of drug-likeness (QED) is 0.869. The summed E-state index contributed by atoms with van der Waals surface area (Å²) in [5.41, 5.74) is 1.95. The second kappa shape index (κ2) is 7.59. The fourth-order valence-electron chi connectivity index (χ4n) is 3.15. The van der Waals surface area contributed by atoms with Crippen LogP contribution in [-0.4, -0.2) is 42.6 Å². The Balaban J connectivity index is 2.02. The lowest BCUT2D eigenvalue weighted by Gasteiger charge is -2.32. The molecule has 1 saturated heterocycles. The first-order chi connectivity index (χ1) is 10.2. The summed E-state index contributed by atoms with van der Waals surface area (Å²) >= 11 is 0. The van der Waals surface area contributed by atoms with Crippen molar-refractivity contribution in [3.8, 4) is 0 Å². The molecule has 0 bridgehead atoms. The van der Waals surface area contributed by atoms with Gasteiger partial charge in [-0.25, -0.2) is 0 Å². The number of carbonyl (C=O) groups excluding carboxylic acids is 1. The second-order valence-corrected chi connectivity index (χ2v) is 5.82. The summed E-state index contributed by atoms with van der Waals surface area (Å²) in [5.74, 6) is 1.65. The molecular formula is C16H27N3O2. The normalized spacial score (nSPS) is 19.0. The van der Waals surface area contributed by atoms with Gasteiger partial charge in [0.15, 0.2) is 0 Å². The molecule has 2 heterocycles. The van der Waals surface area contributed by atoms with Gasteiger partial charge in [0, 0.05) is 25.1 Å². The number of amides is 1. The Hall–Kier alpha value is -1.36. The number of rotatable bonds is 6. The Kier molecular flexibility index (Phi) is 5.79. The highest BCUT2D eigenvalue weighted by Gasteiger charge is 2.25. The Morgan fingerprint density at radius 2 is 2.24 bits per heavy atom. The molecule has 1 atom stereocenters. The minimum atomic E-state index is 0.211. The summed E-state index contributed by atoms with van der Waals surface area (Å²) in [6.07, 6.45) is 4.34. The van der Waals surface area contributed by atoms with Gasteiger partial charge in [-0.1, -0.05) is 19.0 Å². The van der Waals surface area contributed by atoms with Crippen LogP contribution in [0, 0.1) is 5.92 Å². The van der Waals surface area contributed by atoms with Crippen LogP contribution in [0.1, 0.15) is 43.7 Å². The second-order valence-electron chi connectivity index (χ2n) is 5.82. The van der Waals surface area contributed by atoms with Crippen LogP contribution in [0.2, 0.25) is 0 Å². The SMILES string of the molecule is CCc1noc(CC)c1CC(=O)N1CCC[C@@H](CNC)C1. The molecule has 1 aliphatic heterocycles. The predicted molar refractivity (Wildman–Crippen MR) is 82.2 cm³/mol. The van der Waals surface area contributed by atoms with Crippen LogP contribution in [0.4, 0.5) is 0 Å². The van der Waals surface area contributed by atoms with Crippen LogP contribution in [0.3, 0.4) is 0 Å². The van der Waals surface area contributed by atoms with E-state index < -0.39 is 0 Å². The Bertz CT molecular complexity index is 447. The summed E-state index contributed by atoms with van der Waals surface area (Å²) in [7, 11) is 1.97. The lowest BCUT2D eigenvalue weighted by molar-refractivity contribution is -0.132. The van der Waals surface area contributed by atoms with Gasteiger partial charge in [0.25, 0.3) is 0 Å². The van der Waals surface area contributed by atoms with Crippen molar-refractivity contribution in [2.24, 2.45) is 5.92 Å². The third-order valence-corrected chi connectivity index (χ3v) is 4.30. The van der Waals surface area contributed by atoms with E-state index in [1.807, 2.05) is 18.9 Å². The van der Waals surface area contributed by atoms with E-state index >= 15 is 0 Å². The maximum Gasteiger partial charge on any atom is 0.227 e. The van der Waals surface area contributed by atoms with Crippen LogP contribution in [-0.2, 0) is 24.1 Å². The van der Waals surface area contributed by atoms with Crippen molar-refractivity contribution >= 4 is 5.91 Å². The molecule has 0 spiro atoms. The predicted octanol–water partition coefficient (Wildman–Crippen LogP) is 1.80. The molecule has 1 aliphatic rings. The summed E-state index contributed by atoms with van der Waals surface area (Å²) in [4.78, 5) is 14.6. The molecule has 0 aromatic carbocycles. The molecule has 118 valence electrons. The molecule has 0 radical (unpaired) electrons. The van der Waals surface area contributed by atoms with Gasteiger partial charge in [-0.15, -0.1) is 0 Å². The molecule has 1 amide bonds. The molecule has 1 aromatic heterocycles. The summed E-state index contributed by atoms with van der Waals surface area (Å²) in [5, 5.41) is 7.31. The zero-order chi connectivity index (χ0) is 15.2. The van der Waals surface area contributed by atoms with Crippen LogP contribution in [0.5, 0.6) is 0 Å². The van der Waals surface area contributed by atoms with E-state index in [1.54, 1.807) is 0 Å². The molecule has 21 heavy (non-hydrogen) atoms. The number of piperidine rings is 1. The average molecular weight is 293 g/mol. The topological polar surface area (TPSA) is 58.4 Å². The Morgan fingerprint density at radius 1 is 1.43 bits per heavy atom. The van der Waals surface area contributed by atoms with E-state index in [4.69, 9.17) is 4.52 Å². The molecule has 5 heteroatoms. The van der Waals surface area contributed by atoms with E-state index in [9.17, 15) is 4.79 Å². The number of hydrogen-bond acceptors (Lipinski definition) is 4. The monoisotopic (exact) mass is 293 g/mol. The van der Waals surface area contributed by atoms with E-state index in [1.165, 1.54) is 6.42 Å². The van der Waals surface area contributed by atoms with Gasteiger partial charge in [0.1, 0.15) is 5.76 Å². The fraction of sp³-hybridized carbons (Fsp3) is 0.750. The minimum Gasteiger partial charge on any atom is -0.361 e. The van der Waals surface area contributed by atoms with Crippen LogP contribution >= 0.6 is 0 Å². The Morgan fingerprint density at radius 3 is 2.90 bits per heavy atom. The molecule has 0 saturated carbocycles. The number of aryl methyl sites for hydroxylation is 2. The van der Waals surface area contributed by atoms with E-state index in [-0.39, 0.29) is 5.91 Å². The summed E-state index contributed by atoms with van der Waals surface area (Å²) in [6.45, 7) is 6.82. The van der Waals surface area contributed by atoms with Gasteiger partial charge >= 0.3 is 0 Å². The van der Waals surface area contributed by atoms with Crippen molar-refractivity contribution in [2.75, 3.05) is 26.7 Å². The number of nitrogens with one attached hydrogen (secondary N) is 1. The van der Waals surface area contributed by atoms with Crippen molar-refractivity contribution < 1.29 is 9.32 Å². The number of nitrogens with zero attached hydrogens (tertiary/aromatic N) is 2. The minimum absolute atomic E-state index is 0.211. The first-order valence-corrected chi connectivity index (χ1v) is 8.08. The maximum absolute atomic E-state index is 12.6. The third kappa shape index (κ3) is 3.84. The molecule has 0 unspecified atom stereocenters. The molecule has 0 aliphatic carbocycles. The average Bonchev–Trinajstić information content (AvgIpc) is 2.89.